The standard InChI is InChI=1S/C15H11ClN2O2/c1-8-4-10(16)2-3-11(8)9-5-12(15(19)20)14-13(6-9)17-7-18-14/h2-7H,1H3,(H,17,18)(H,19,20). The smallest absolute Gasteiger partial charge is 0.337 e. The number of hydrogen-bond acceptors (Lipinski definition) is 2. The van der Waals surface area contributed by atoms with Crippen LogP contribution in [0.25, 0.3) is 22.2 Å². The quantitative estimate of drug-likeness (QED) is 0.751. The van der Waals surface area contributed by atoms with E-state index in [2.05, 4.69) is 9.97 Å². The van der Waals surface area contributed by atoms with Gasteiger partial charge in [-0.15, -0.1) is 0 Å². The molecule has 0 spiro atoms. The van der Waals surface area contributed by atoms with Gasteiger partial charge in [0.15, 0.2) is 0 Å². The molecule has 0 aliphatic heterocycles. The average Bonchev–Trinajstić information content (AvgIpc) is 2.85. The van der Waals surface area contributed by atoms with Crippen molar-refractivity contribution in [1.29, 1.82) is 0 Å². The van der Waals surface area contributed by atoms with Gasteiger partial charge in [0, 0.05) is 5.02 Å². The molecule has 0 aliphatic rings. The number of aromatic carboxylic acids is 1. The molecule has 0 unspecified atom stereocenters. The van der Waals surface area contributed by atoms with E-state index >= 15 is 0 Å². The molecule has 2 aromatic carbocycles. The van der Waals surface area contributed by atoms with Crippen LogP contribution in [0.1, 0.15) is 15.9 Å². The lowest BCUT2D eigenvalue weighted by Gasteiger charge is -2.08. The van der Waals surface area contributed by atoms with Crippen molar-refractivity contribution in [1.82, 2.24) is 9.97 Å². The Kier molecular flexibility index (Phi) is 2.95. The van der Waals surface area contributed by atoms with Gasteiger partial charge in [-0.2, -0.15) is 0 Å². The number of carbonyl (C=O) groups is 1. The predicted molar refractivity (Wildman–Crippen MR) is 78.2 cm³/mol. The first kappa shape index (κ1) is 12.7. The number of carboxylic acid groups (broad SMARTS) is 1. The number of nitrogens with zero attached hydrogens (tertiary/aromatic N) is 1. The molecule has 4 nitrogen and oxygen atoms in total. The molecular formula is C15H11ClN2O2. The zero-order chi connectivity index (χ0) is 14.3. The molecule has 100 valence electrons. The number of rotatable bonds is 2. The van der Waals surface area contributed by atoms with Gasteiger partial charge in [0.1, 0.15) is 5.52 Å². The van der Waals surface area contributed by atoms with Gasteiger partial charge in [-0.05, 0) is 47.9 Å². The maximum Gasteiger partial charge on any atom is 0.337 e. The third kappa shape index (κ3) is 2.04. The maximum atomic E-state index is 11.4. The first-order valence-corrected chi connectivity index (χ1v) is 6.41. The van der Waals surface area contributed by atoms with Crippen LogP contribution >= 0.6 is 11.6 Å². The van der Waals surface area contributed by atoms with Crippen molar-refractivity contribution >= 4 is 28.6 Å². The van der Waals surface area contributed by atoms with Crippen molar-refractivity contribution in [3.8, 4) is 11.1 Å². The van der Waals surface area contributed by atoms with Gasteiger partial charge in [0.05, 0.1) is 17.4 Å². The molecule has 0 saturated heterocycles. The van der Waals surface area contributed by atoms with Crippen LogP contribution in [0.4, 0.5) is 0 Å². The Morgan fingerprint density at radius 1 is 1.30 bits per heavy atom. The van der Waals surface area contributed by atoms with E-state index in [4.69, 9.17) is 11.6 Å². The third-order valence-electron chi connectivity index (χ3n) is 3.25. The van der Waals surface area contributed by atoms with Gasteiger partial charge in [-0.1, -0.05) is 17.7 Å². The number of carboxylic acids is 1. The molecule has 0 aliphatic carbocycles. The highest BCUT2D eigenvalue weighted by Crippen LogP contribution is 2.29. The fraction of sp³-hybridized carbons (Fsp3) is 0.0667. The summed E-state index contributed by atoms with van der Waals surface area (Å²) in [6.45, 7) is 1.94. The van der Waals surface area contributed by atoms with E-state index in [1.165, 1.54) is 6.33 Å². The Labute approximate surface area is 120 Å². The zero-order valence-corrected chi connectivity index (χ0v) is 11.4. The largest absolute Gasteiger partial charge is 0.478 e. The van der Waals surface area contributed by atoms with E-state index < -0.39 is 5.97 Å². The van der Waals surface area contributed by atoms with Crippen LogP contribution in [0.2, 0.25) is 5.02 Å². The first-order chi connectivity index (χ1) is 9.56. The van der Waals surface area contributed by atoms with E-state index in [1.807, 2.05) is 25.1 Å². The van der Waals surface area contributed by atoms with E-state index in [0.717, 1.165) is 16.7 Å². The molecule has 3 aromatic rings. The number of aromatic nitrogens is 2. The molecule has 3 rings (SSSR count). The molecule has 5 heteroatoms. The lowest BCUT2D eigenvalue weighted by Crippen LogP contribution is -1.98. The zero-order valence-electron chi connectivity index (χ0n) is 10.6. The Balaban J connectivity index is 2.28. The molecular weight excluding hydrogens is 276 g/mol. The summed E-state index contributed by atoms with van der Waals surface area (Å²) in [4.78, 5) is 18.4. The SMILES string of the molecule is Cc1cc(Cl)ccc1-c1cc(C(=O)O)c2nc[nH]c2c1. The van der Waals surface area contributed by atoms with Crippen LogP contribution in [0, 0.1) is 6.92 Å². The number of nitrogens with one attached hydrogen (secondary N) is 1. The van der Waals surface area contributed by atoms with Crippen molar-refractivity contribution < 1.29 is 9.90 Å². The first-order valence-electron chi connectivity index (χ1n) is 6.03. The summed E-state index contributed by atoms with van der Waals surface area (Å²) in [6.07, 6.45) is 1.50. The minimum Gasteiger partial charge on any atom is -0.478 e. The van der Waals surface area contributed by atoms with Gasteiger partial charge >= 0.3 is 5.97 Å². The van der Waals surface area contributed by atoms with E-state index in [0.29, 0.717) is 16.1 Å². The third-order valence-corrected chi connectivity index (χ3v) is 3.49. The topological polar surface area (TPSA) is 66.0 Å². The summed E-state index contributed by atoms with van der Waals surface area (Å²) in [5.41, 5.74) is 4.13. The highest BCUT2D eigenvalue weighted by atomic mass is 35.5. The molecule has 0 bridgehead atoms. The second-order valence-electron chi connectivity index (χ2n) is 4.59. The maximum absolute atomic E-state index is 11.4. The summed E-state index contributed by atoms with van der Waals surface area (Å²) in [7, 11) is 0. The van der Waals surface area contributed by atoms with E-state index in [9.17, 15) is 9.90 Å². The number of aryl methyl sites for hydroxylation is 1. The number of halogens is 1. The second-order valence-corrected chi connectivity index (χ2v) is 5.02. The van der Waals surface area contributed by atoms with Crippen LogP contribution in [0.3, 0.4) is 0 Å². The Bertz CT molecular complexity index is 824. The highest BCUT2D eigenvalue weighted by Gasteiger charge is 2.14. The summed E-state index contributed by atoms with van der Waals surface area (Å²) in [5, 5.41) is 9.97. The number of imidazole rings is 1. The molecule has 20 heavy (non-hydrogen) atoms. The van der Waals surface area contributed by atoms with Crippen LogP contribution in [-0.2, 0) is 0 Å². The van der Waals surface area contributed by atoms with Gasteiger partial charge < -0.3 is 10.1 Å². The van der Waals surface area contributed by atoms with Crippen molar-refractivity contribution in [2.45, 2.75) is 6.92 Å². The summed E-state index contributed by atoms with van der Waals surface area (Å²) in [5.74, 6) is -0.990. The summed E-state index contributed by atoms with van der Waals surface area (Å²) >= 11 is 5.95. The molecule has 2 N–H and O–H groups in total. The number of H-pyrrole nitrogens is 1. The number of aromatic amines is 1. The van der Waals surface area contributed by atoms with Gasteiger partial charge in [-0.3, -0.25) is 0 Å². The molecule has 0 radical (unpaired) electrons. The molecule has 0 amide bonds. The molecule has 0 atom stereocenters. The second kappa shape index (κ2) is 4.65. The number of fused-ring (bicyclic) bond motifs is 1. The van der Waals surface area contributed by atoms with Crippen LogP contribution < -0.4 is 0 Å². The number of benzene rings is 2. The van der Waals surface area contributed by atoms with Gasteiger partial charge in [0.2, 0.25) is 0 Å². The fourth-order valence-corrected chi connectivity index (χ4v) is 2.55. The average molecular weight is 287 g/mol. The Hall–Kier alpha value is -2.33. The molecule has 1 heterocycles. The van der Waals surface area contributed by atoms with Crippen molar-refractivity contribution in [2.75, 3.05) is 0 Å². The lowest BCUT2D eigenvalue weighted by molar-refractivity contribution is 0.0699. The van der Waals surface area contributed by atoms with E-state index in [-0.39, 0.29) is 5.56 Å². The summed E-state index contributed by atoms with van der Waals surface area (Å²) in [6, 6.07) is 9.07. The Morgan fingerprint density at radius 2 is 2.10 bits per heavy atom. The Morgan fingerprint density at radius 3 is 2.80 bits per heavy atom. The van der Waals surface area contributed by atoms with Crippen LogP contribution in [-0.4, -0.2) is 21.0 Å². The van der Waals surface area contributed by atoms with Crippen molar-refractivity contribution in [3.05, 3.63) is 52.8 Å². The van der Waals surface area contributed by atoms with Crippen molar-refractivity contribution in [3.63, 3.8) is 0 Å². The minimum atomic E-state index is -0.990. The molecule has 0 saturated carbocycles. The monoisotopic (exact) mass is 286 g/mol. The predicted octanol–water partition coefficient (Wildman–Crippen LogP) is 3.89. The van der Waals surface area contributed by atoms with E-state index in [1.54, 1.807) is 12.1 Å². The highest BCUT2D eigenvalue weighted by molar-refractivity contribution is 6.30. The van der Waals surface area contributed by atoms with Crippen LogP contribution in [0.15, 0.2) is 36.7 Å². The van der Waals surface area contributed by atoms with Crippen LogP contribution in [0.5, 0.6) is 0 Å². The minimum absolute atomic E-state index is 0.188. The van der Waals surface area contributed by atoms with Gasteiger partial charge in [0.25, 0.3) is 0 Å². The normalized spacial score (nSPS) is 10.9. The fourth-order valence-electron chi connectivity index (χ4n) is 2.32. The number of hydrogen-bond donors (Lipinski definition) is 2. The summed E-state index contributed by atoms with van der Waals surface area (Å²) < 4.78 is 0. The lowest BCUT2D eigenvalue weighted by atomic mass is 9.98. The van der Waals surface area contributed by atoms with Crippen molar-refractivity contribution in [2.24, 2.45) is 0 Å². The molecule has 1 aromatic heterocycles. The van der Waals surface area contributed by atoms with Gasteiger partial charge in [-0.25, -0.2) is 9.78 Å². The molecule has 0 fully saturated rings.